The monoisotopic (exact) mass is 357 g/mol. The van der Waals surface area contributed by atoms with Crippen LogP contribution in [0.1, 0.15) is 28.7 Å². The molecule has 0 aliphatic heterocycles. The topological polar surface area (TPSA) is 55.5 Å². The van der Waals surface area contributed by atoms with Gasteiger partial charge in [0.2, 0.25) is 0 Å². The Kier molecular flexibility index (Phi) is 4.95. The summed E-state index contributed by atoms with van der Waals surface area (Å²) in [6.07, 6.45) is 2.08. The van der Waals surface area contributed by atoms with Crippen LogP contribution in [0.5, 0.6) is 11.5 Å². The standard InChI is InChI=1S/C24H23NO2/c25-15-16-27-21-12-7-19(8-13-21)24(18-5-10-20(26)11-6-18)23-14-9-17-3-1-2-4-22(17)23/h1-8,10-13,26H,9,14-16,25H2/b24-23+. The minimum absolute atomic E-state index is 0.278. The molecule has 0 saturated heterocycles. The van der Waals surface area contributed by atoms with Gasteiger partial charge in [-0.1, -0.05) is 48.5 Å². The van der Waals surface area contributed by atoms with E-state index in [0.717, 1.165) is 29.7 Å². The highest BCUT2D eigenvalue weighted by Crippen LogP contribution is 2.41. The zero-order valence-corrected chi connectivity index (χ0v) is 15.2. The molecule has 0 unspecified atom stereocenters. The number of nitrogens with two attached hydrogens (primary N) is 1. The Morgan fingerprint density at radius 3 is 2.22 bits per heavy atom. The summed E-state index contributed by atoms with van der Waals surface area (Å²) in [7, 11) is 0. The molecule has 3 heteroatoms. The molecule has 0 heterocycles. The summed E-state index contributed by atoms with van der Waals surface area (Å²) < 4.78 is 5.62. The molecule has 3 N–H and O–H groups in total. The lowest BCUT2D eigenvalue weighted by molar-refractivity contribution is 0.328. The Labute approximate surface area is 159 Å². The number of phenolic OH excluding ortho intramolecular Hbond substituents is 1. The smallest absolute Gasteiger partial charge is 0.119 e. The number of aromatic hydroxyl groups is 1. The van der Waals surface area contributed by atoms with Gasteiger partial charge in [-0.2, -0.15) is 0 Å². The second-order valence-electron chi connectivity index (χ2n) is 6.72. The molecule has 0 bridgehead atoms. The van der Waals surface area contributed by atoms with Crippen LogP contribution in [-0.4, -0.2) is 18.3 Å². The Bertz CT molecular complexity index is 956. The van der Waals surface area contributed by atoms with Gasteiger partial charge in [0.05, 0.1) is 0 Å². The van der Waals surface area contributed by atoms with Gasteiger partial charge in [-0.25, -0.2) is 0 Å². The molecule has 0 aromatic heterocycles. The van der Waals surface area contributed by atoms with E-state index in [2.05, 4.69) is 36.4 Å². The van der Waals surface area contributed by atoms with Gasteiger partial charge in [0, 0.05) is 6.54 Å². The van der Waals surface area contributed by atoms with Crippen molar-refractivity contribution in [2.45, 2.75) is 12.8 Å². The molecule has 0 atom stereocenters. The number of rotatable bonds is 5. The van der Waals surface area contributed by atoms with Crippen molar-refractivity contribution in [3.63, 3.8) is 0 Å². The molecule has 0 amide bonds. The van der Waals surface area contributed by atoms with E-state index < -0.39 is 0 Å². The third kappa shape index (κ3) is 3.60. The summed E-state index contributed by atoms with van der Waals surface area (Å²) in [5.74, 6) is 1.10. The quantitative estimate of drug-likeness (QED) is 0.700. The number of allylic oxidation sites excluding steroid dienone is 1. The third-order valence-electron chi connectivity index (χ3n) is 4.97. The van der Waals surface area contributed by atoms with E-state index in [1.54, 1.807) is 12.1 Å². The molecule has 27 heavy (non-hydrogen) atoms. The number of aryl methyl sites for hydroxylation is 1. The second kappa shape index (κ2) is 7.68. The minimum atomic E-state index is 0.278. The average Bonchev–Trinajstić information content (AvgIpc) is 3.13. The summed E-state index contributed by atoms with van der Waals surface area (Å²) in [6, 6.07) is 24.3. The summed E-state index contributed by atoms with van der Waals surface area (Å²) in [5, 5.41) is 9.71. The molecule has 136 valence electrons. The lowest BCUT2D eigenvalue weighted by Crippen LogP contribution is -2.10. The fraction of sp³-hybridized carbons (Fsp3) is 0.167. The van der Waals surface area contributed by atoms with Crippen molar-refractivity contribution < 1.29 is 9.84 Å². The normalized spacial score (nSPS) is 14.7. The Balaban J connectivity index is 1.83. The average molecular weight is 357 g/mol. The lowest BCUT2D eigenvalue weighted by atomic mass is 9.90. The van der Waals surface area contributed by atoms with Crippen LogP contribution in [-0.2, 0) is 6.42 Å². The number of phenols is 1. The van der Waals surface area contributed by atoms with Crippen molar-refractivity contribution in [3.8, 4) is 11.5 Å². The molecule has 0 saturated carbocycles. The summed E-state index contributed by atoms with van der Waals surface area (Å²) >= 11 is 0. The van der Waals surface area contributed by atoms with Crippen molar-refractivity contribution >= 4 is 11.1 Å². The van der Waals surface area contributed by atoms with Gasteiger partial charge >= 0.3 is 0 Å². The SMILES string of the molecule is NCCOc1ccc(/C(=C2\CCc3ccccc32)c2ccc(O)cc2)cc1. The summed E-state index contributed by atoms with van der Waals surface area (Å²) in [6.45, 7) is 1.01. The van der Waals surface area contributed by atoms with Crippen LogP contribution in [0.3, 0.4) is 0 Å². The maximum atomic E-state index is 9.71. The summed E-state index contributed by atoms with van der Waals surface area (Å²) in [4.78, 5) is 0. The molecule has 3 nitrogen and oxygen atoms in total. The van der Waals surface area contributed by atoms with Crippen LogP contribution in [0.25, 0.3) is 11.1 Å². The predicted molar refractivity (Wildman–Crippen MR) is 110 cm³/mol. The van der Waals surface area contributed by atoms with Crippen molar-refractivity contribution in [1.82, 2.24) is 0 Å². The first-order valence-corrected chi connectivity index (χ1v) is 9.30. The predicted octanol–water partition coefficient (Wildman–Crippen LogP) is 4.64. The Morgan fingerprint density at radius 1 is 0.852 bits per heavy atom. The van der Waals surface area contributed by atoms with Crippen molar-refractivity contribution in [1.29, 1.82) is 0 Å². The molecule has 0 spiro atoms. The first-order valence-electron chi connectivity index (χ1n) is 9.30. The van der Waals surface area contributed by atoms with Crippen LogP contribution in [0.15, 0.2) is 72.8 Å². The second-order valence-corrected chi connectivity index (χ2v) is 6.72. The van der Waals surface area contributed by atoms with Gasteiger partial charge < -0.3 is 15.6 Å². The number of benzene rings is 3. The zero-order chi connectivity index (χ0) is 18.6. The van der Waals surface area contributed by atoms with E-state index in [1.165, 1.54) is 22.3 Å². The van der Waals surface area contributed by atoms with E-state index in [-0.39, 0.29) is 5.75 Å². The van der Waals surface area contributed by atoms with Crippen molar-refractivity contribution in [3.05, 3.63) is 95.1 Å². The molecular formula is C24H23NO2. The molecule has 0 fully saturated rings. The van der Waals surface area contributed by atoms with Crippen LogP contribution in [0, 0.1) is 0 Å². The van der Waals surface area contributed by atoms with Crippen LogP contribution >= 0.6 is 0 Å². The molecular weight excluding hydrogens is 334 g/mol. The van der Waals surface area contributed by atoms with Crippen LogP contribution in [0.4, 0.5) is 0 Å². The van der Waals surface area contributed by atoms with Gasteiger partial charge in [-0.05, 0) is 70.5 Å². The molecule has 3 aromatic rings. The van der Waals surface area contributed by atoms with E-state index in [1.807, 2.05) is 24.3 Å². The number of hydrogen-bond donors (Lipinski definition) is 2. The zero-order valence-electron chi connectivity index (χ0n) is 15.2. The van der Waals surface area contributed by atoms with Gasteiger partial charge in [0.15, 0.2) is 0 Å². The highest BCUT2D eigenvalue weighted by molar-refractivity contribution is 6.00. The summed E-state index contributed by atoms with van der Waals surface area (Å²) in [5.41, 5.74) is 13.1. The van der Waals surface area contributed by atoms with E-state index >= 15 is 0 Å². The van der Waals surface area contributed by atoms with Crippen molar-refractivity contribution in [2.75, 3.05) is 13.2 Å². The number of ether oxygens (including phenoxy) is 1. The third-order valence-corrected chi connectivity index (χ3v) is 4.97. The van der Waals surface area contributed by atoms with Crippen molar-refractivity contribution in [2.24, 2.45) is 5.73 Å². The van der Waals surface area contributed by atoms with E-state index in [0.29, 0.717) is 13.2 Å². The first kappa shape index (κ1) is 17.4. The Morgan fingerprint density at radius 2 is 1.52 bits per heavy atom. The van der Waals surface area contributed by atoms with Crippen LogP contribution < -0.4 is 10.5 Å². The van der Waals surface area contributed by atoms with Gasteiger partial charge in [-0.15, -0.1) is 0 Å². The fourth-order valence-electron chi connectivity index (χ4n) is 3.72. The van der Waals surface area contributed by atoms with E-state index in [4.69, 9.17) is 10.5 Å². The largest absolute Gasteiger partial charge is 0.508 e. The molecule has 1 aliphatic rings. The number of fused-ring (bicyclic) bond motifs is 1. The van der Waals surface area contributed by atoms with Crippen LogP contribution in [0.2, 0.25) is 0 Å². The molecule has 3 aromatic carbocycles. The minimum Gasteiger partial charge on any atom is -0.508 e. The highest BCUT2D eigenvalue weighted by Gasteiger charge is 2.21. The molecule has 0 radical (unpaired) electrons. The fourth-order valence-corrected chi connectivity index (χ4v) is 3.72. The maximum absolute atomic E-state index is 9.71. The first-order chi connectivity index (χ1) is 13.3. The highest BCUT2D eigenvalue weighted by atomic mass is 16.5. The van der Waals surface area contributed by atoms with Gasteiger partial charge in [0.1, 0.15) is 18.1 Å². The molecule has 1 aliphatic carbocycles. The molecule has 4 rings (SSSR count). The maximum Gasteiger partial charge on any atom is 0.119 e. The Hall–Kier alpha value is -3.04. The number of hydrogen-bond acceptors (Lipinski definition) is 3. The lowest BCUT2D eigenvalue weighted by Gasteiger charge is -2.15. The van der Waals surface area contributed by atoms with E-state index in [9.17, 15) is 5.11 Å². The van der Waals surface area contributed by atoms with Gasteiger partial charge in [-0.3, -0.25) is 0 Å². The van der Waals surface area contributed by atoms with Gasteiger partial charge in [0.25, 0.3) is 0 Å².